The molecular weight excluding hydrogens is 601 g/mol. The highest BCUT2D eigenvalue weighted by atomic mass is 28.3. The third-order valence-electron chi connectivity index (χ3n) is 8.07. The Morgan fingerprint density at radius 2 is 1.69 bits per heavy atom. The molecule has 0 aliphatic carbocycles. The van der Waals surface area contributed by atoms with Crippen molar-refractivity contribution in [1.29, 1.82) is 0 Å². The zero-order chi connectivity index (χ0) is 33.0. The van der Waals surface area contributed by atoms with Gasteiger partial charge in [-0.15, -0.1) is 0 Å². The Bertz CT molecular complexity index is 1420. The number of piperidine rings is 1. The highest BCUT2D eigenvalue weighted by Crippen LogP contribution is 2.37. The smallest absolute Gasteiger partial charge is 0.410 e. The van der Waals surface area contributed by atoms with Crippen LogP contribution in [0.3, 0.4) is 0 Å². The number of aromatic nitrogens is 4. The van der Waals surface area contributed by atoms with Crippen LogP contribution in [-0.2, 0) is 27.7 Å². The van der Waals surface area contributed by atoms with Crippen LogP contribution in [0.25, 0.3) is 22.3 Å². The molecule has 1 saturated heterocycles. The van der Waals surface area contributed by atoms with E-state index in [1.165, 1.54) is 0 Å². The first-order chi connectivity index (χ1) is 21.0. The molecule has 0 unspecified atom stereocenters. The van der Waals surface area contributed by atoms with Crippen LogP contribution in [0.2, 0.25) is 51.4 Å². The summed E-state index contributed by atoms with van der Waals surface area (Å²) in [6, 6.07) is 6.43. The summed E-state index contributed by atoms with van der Waals surface area (Å²) in [5.41, 5.74) is 3.33. The summed E-state index contributed by atoms with van der Waals surface area (Å²) in [5, 5.41) is 5.98. The standard InChI is InChI=1S/C33H56N6O4Si2/c1-33(2,3)43-32(40)36(4)26-12-11-16-37(22-26)29-13-15-34-31-30(29)27(23-38(31)24-41-18-20-44(5,6)7)28-14-17-39(35-28)25-42-19-21-45(8,9)10/h13-15,17,23,26H,11-12,16,18-22,24-25H2,1-10H3/t26-/m0/s1. The minimum absolute atomic E-state index is 0.0414. The molecule has 250 valence electrons. The van der Waals surface area contributed by atoms with E-state index in [-0.39, 0.29) is 12.1 Å². The van der Waals surface area contributed by atoms with Crippen molar-refractivity contribution in [2.24, 2.45) is 0 Å². The number of pyridine rings is 1. The number of hydrogen-bond acceptors (Lipinski definition) is 7. The third kappa shape index (κ3) is 10.2. The fourth-order valence-electron chi connectivity index (χ4n) is 5.38. The summed E-state index contributed by atoms with van der Waals surface area (Å²) in [5.74, 6) is 0. The van der Waals surface area contributed by atoms with E-state index < -0.39 is 21.7 Å². The van der Waals surface area contributed by atoms with Crippen LogP contribution in [-0.4, -0.2) is 91.5 Å². The number of carbonyl (C=O) groups is 1. The van der Waals surface area contributed by atoms with E-state index in [0.717, 1.165) is 72.7 Å². The Kier molecular flexibility index (Phi) is 11.3. The lowest BCUT2D eigenvalue weighted by Gasteiger charge is -2.39. The van der Waals surface area contributed by atoms with Crippen molar-refractivity contribution >= 4 is 39.0 Å². The zero-order valence-electron chi connectivity index (χ0n) is 29.4. The van der Waals surface area contributed by atoms with Gasteiger partial charge in [-0.25, -0.2) is 14.5 Å². The van der Waals surface area contributed by atoms with Gasteiger partial charge in [0.05, 0.1) is 22.8 Å². The average molecular weight is 657 g/mol. The van der Waals surface area contributed by atoms with Crippen molar-refractivity contribution in [3.05, 3.63) is 30.7 Å². The Hall–Kier alpha value is -2.68. The summed E-state index contributed by atoms with van der Waals surface area (Å²) in [6.45, 7) is 23.8. The lowest BCUT2D eigenvalue weighted by Crippen LogP contribution is -2.49. The minimum Gasteiger partial charge on any atom is -0.444 e. The summed E-state index contributed by atoms with van der Waals surface area (Å²) in [6.07, 6.45) is 7.62. The van der Waals surface area contributed by atoms with E-state index in [1.807, 2.05) is 44.9 Å². The molecule has 0 bridgehead atoms. The van der Waals surface area contributed by atoms with Crippen LogP contribution in [0.5, 0.6) is 0 Å². The van der Waals surface area contributed by atoms with Crippen molar-refractivity contribution in [2.45, 2.75) is 110 Å². The lowest BCUT2D eigenvalue weighted by molar-refractivity contribution is 0.0210. The van der Waals surface area contributed by atoms with Gasteiger partial charge in [0.2, 0.25) is 0 Å². The van der Waals surface area contributed by atoms with Gasteiger partial charge in [-0.1, -0.05) is 39.3 Å². The first-order valence-corrected chi connectivity index (χ1v) is 23.8. The van der Waals surface area contributed by atoms with Crippen LogP contribution in [0, 0.1) is 0 Å². The molecule has 1 aliphatic heterocycles. The number of nitrogens with zero attached hydrogens (tertiary/aromatic N) is 6. The predicted molar refractivity (Wildman–Crippen MR) is 188 cm³/mol. The second kappa shape index (κ2) is 14.4. The first kappa shape index (κ1) is 35.2. The fraction of sp³-hybridized carbons (Fsp3) is 0.667. The number of hydrogen-bond donors (Lipinski definition) is 0. The third-order valence-corrected chi connectivity index (χ3v) is 11.5. The summed E-state index contributed by atoms with van der Waals surface area (Å²) in [4.78, 5) is 21.9. The lowest BCUT2D eigenvalue weighted by atomic mass is 10.0. The second-order valence-corrected chi connectivity index (χ2v) is 27.1. The molecule has 10 nitrogen and oxygen atoms in total. The summed E-state index contributed by atoms with van der Waals surface area (Å²) < 4.78 is 21.8. The zero-order valence-corrected chi connectivity index (χ0v) is 31.4. The molecule has 12 heteroatoms. The SMILES string of the molecule is CN(C(=O)OC(C)(C)C)[C@H]1CCCN(c2ccnc3c2c(-c2ccn(COCC[Si](C)(C)C)n2)cn3COCC[Si](C)(C)C)C1. The van der Waals surface area contributed by atoms with Gasteiger partial charge in [-0.2, -0.15) is 5.10 Å². The number of ether oxygens (including phenoxy) is 3. The summed E-state index contributed by atoms with van der Waals surface area (Å²) >= 11 is 0. The van der Waals surface area contributed by atoms with Gasteiger partial charge < -0.3 is 28.6 Å². The number of carbonyl (C=O) groups excluding carboxylic acids is 1. The van der Waals surface area contributed by atoms with E-state index >= 15 is 0 Å². The Labute approximate surface area is 272 Å². The molecule has 0 aromatic carbocycles. The van der Waals surface area contributed by atoms with Gasteiger partial charge in [0.15, 0.2) is 0 Å². The van der Waals surface area contributed by atoms with Crippen molar-refractivity contribution in [3.8, 4) is 11.3 Å². The molecule has 0 radical (unpaired) electrons. The molecule has 1 atom stereocenters. The van der Waals surface area contributed by atoms with Crippen LogP contribution in [0.15, 0.2) is 30.7 Å². The molecule has 3 aromatic rings. The van der Waals surface area contributed by atoms with E-state index in [1.54, 1.807) is 4.90 Å². The van der Waals surface area contributed by atoms with Gasteiger partial charge in [-0.3, -0.25) is 0 Å². The molecular formula is C33H56N6O4Si2. The highest BCUT2D eigenvalue weighted by Gasteiger charge is 2.31. The van der Waals surface area contributed by atoms with E-state index in [0.29, 0.717) is 20.0 Å². The Morgan fingerprint density at radius 3 is 2.33 bits per heavy atom. The molecule has 3 aromatic heterocycles. The second-order valence-electron chi connectivity index (χ2n) is 15.8. The monoisotopic (exact) mass is 656 g/mol. The minimum atomic E-state index is -1.20. The quantitative estimate of drug-likeness (QED) is 0.140. The van der Waals surface area contributed by atoms with Crippen LogP contribution < -0.4 is 4.90 Å². The number of anilines is 1. The normalized spacial score (nSPS) is 16.4. The number of likely N-dealkylation sites (N-methyl/N-ethyl adjacent to an activating group) is 1. The maximum Gasteiger partial charge on any atom is 0.410 e. The molecule has 45 heavy (non-hydrogen) atoms. The maximum atomic E-state index is 12.9. The van der Waals surface area contributed by atoms with Crippen LogP contribution >= 0.6 is 0 Å². The van der Waals surface area contributed by atoms with Crippen LogP contribution in [0.1, 0.15) is 33.6 Å². The molecule has 4 heterocycles. The van der Waals surface area contributed by atoms with Gasteiger partial charge >= 0.3 is 6.09 Å². The highest BCUT2D eigenvalue weighted by molar-refractivity contribution is 6.76. The molecule has 0 spiro atoms. The average Bonchev–Trinajstić information content (AvgIpc) is 3.56. The number of amides is 1. The Balaban J connectivity index is 1.62. The molecule has 0 N–H and O–H groups in total. The molecule has 1 fully saturated rings. The Morgan fingerprint density at radius 1 is 1.02 bits per heavy atom. The number of fused-ring (bicyclic) bond motifs is 1. The van der Waals surface area contributed by atoms with Gasteiger partial charge in [0.1, 0.15) is 24.7 Å². The molecule has 0 saturated carbocycles. The van der Waals surface area contributed by atoms with E-state index in [4.69, 9.17) is 24.3 Å². The first-order valence-electron chi connectivity index (χ1n) is 16.4. The molecule has 4 rings (SSSR count). The predicted octanol–water partition coefficient (Wildman–Crippen LogP) is 7.36. The van der Waals surface area contributed by atoms with Crippen molar-refractivity contribution in [3.63, 3.8) is 0 Å². The topological polar surface area (TPSA) is 86.9 Å². The van der Waals surface area contributed by atoms with Crippen LogP contribution in [0.4, 0.5) is 10.5 Å². The van der Waals surface area contributed by atoms with Gasteiger partial charge in [0, 0.05) is 73.7 Å². The van der Waals surface area contributed by atoms with E-state index in [2.05, 4.69) is 67.1 Å². The largest absolute Gasteiger partial charge is 0.444 e. The molecule has 1 aliphatic rings. The van der Waals surface area contributed by atoms with Crippen molar-refractivity contribution in [1.82, 2.24) is 24.2 Å². The van der Waals surface area contributed by atoms with E-state index in [9.17, 15) is 4.79 Å². The summed E-state index contributed by atoms with van der Waals surface area (Å²) in [7, 11) is -0.509. The number of rotatable bonds is 13. The molecule has 1 amide bonds. The van der Waals surface area contributed by atoms with Crippen molar-refractivity contribution in [2.75, 3.05) is 38.3 Å². The van der Waals surface area contributed by atoms with Gasteiger partial charge in [0.25, 0.3) is 0 Å². The van der Waals surface area contributed by atoms with Gasteiger partial charge in [-0.05, 0) is 57.8 Å². The maximum absolute atomic E-state index is 12.9. The van der Waals surface area contributed by atoms with Crippen molar-refractivity contribution < 1.29 is 19.0 Å². The fourth-order valence-corrected chi connectivity index (χ4v) is 6.90.